The minimum atomic E-state index is -0.221. The largest absolute Gasteiger partial charge is 0.310 e. The second-order valence-electron chi connectivity index (χ2n) is 48.2. The third kappa shape index (κ3) is 17.0. The van der Waals surface area contributed by atoms with E-state index in [1.165, 1.54) is 211 Å². The van der Waals surface area contributed by atoms with Crippen molar-refractivity contribution in [2.75, 3.05) is 9.80 Å². The molecule has 0 fully saturated rings. The molecular weight excluding hydrogens is 1720 g/mol. The number of nitrogens with zero attached hydrogens (tertiary/aromatic N) is 2. The molecule has 0 saturated carbocycles. The highest BCUT2D eigenvalue weighted by atomic mass is 15.1. The standard InChI is InChI=1S/C72H71N.C69H65N/c1-68(2,3)52-30-38-59-57-36-28-50(40-63(57)71(10,11)65(59)42-52)61-44-56(73(54-32-24-48(25-33-54)46-20-16-14-17-21-46)55-34-26-49(27-35-55)47-22-18-15-19-23-47)45-62(67(61)70(7,8)9)51-29-37-58-60-39-31-53(69(4,5)6)43-66(60)72(12,13)64(58)41-51;1-44-60(49-26-34-56-58-36-28-51(66(2,3)4)40-64(58)68(8,9)62(56)38-49)42-55(43-61(44)50-27-35-57-59-37-29-52(67(5,6)7)41-65(59)69(10,11)63(57)39-50)70(53-30-22-47(23-31-53)45-18-14-12-15-19-45)54-32-24-48(25-33-54)46-20-16-13-17-21-46/h14-45H,1-13H3;12-43H,1-11H3. The Hall–Kier alpha value is -14.4. The van der Waals surface area contributed by atoms with Crippen molar-refractivity contribution >= 4 is 34.1 Å². The smallest absolute Gasteiger partial charge is 0.0474 e. The Balaban J connectivity index is 0.000000169. The van der Waals surface area contributed by atoms with Crippen molar-refractivity contribution in [2.24, 2.45) is 0 Å². The van der Waals surface area contributed by atoms with Gasteiger partial charge in [-0.05, 0) is 342 Å². The third-order valence-corrected chi connectivity index (χ3v) is 32.1. The van der Waals surface area contributed by atoms with Gasteiger partial charge >= 0.3 is 0 Å². The van der Waals surface area contributed by atoms with Crippen LogP contribution in [0.3, 0.4) is 0 Å². The fourth-order valence-corrected chi connectivity index (χ4v) is 23.6. The molecule has 4 aliphatic rings. The molecule has 0 saturated heterocycles. The van der Waals surface area contributed by atoms with E-state index in [4.69, 9.17) is 0 Å². The number of fused-ring (bicyclic) bond motifs is 12. The van der Waals surface area contributed by atoms with E-state index in [9.17, 15) is 0 Å². The molecule has 0 amide bonds. The van der Waals surface area contributed by atoms with Gasteiger partial charge in [-0.15, -0.1) is 0 Å². The van der Waals surface area contributed by atoms with Gasteiger partial charge in [0, 0.05) is 55.8 Å². The first-order chi connectivity index (χ1) is 68.0. The Morgan fingerprint density at radius 3 is 0.531 bits per heavy atom. The van der Waals surface area contributed by atoms with E-state index in [1.807, 2.05) is 0 Å². The van der Waals surface area contributed by atoms with Gasteiger partial charge in [-0.1, -0.05) is 450 Å². The van der Waals surface area contributed by atoms with Crippen LogP contribution >= 0.6 is 0 Å². The lowest BCUT2D eigenvalue weighted by molar-refractivity contribution is 0.584. The van der Waals surface area contributed by atoms with Gasteiger partial charge in [-0.25, -0.2) is 0 Å². The van der Waals surface area contributed by atoms with Crippen molar-refractivity contribution in [3.63, 3.8) is 0 Å². The minimum absolute atomic E-state index is 0.0596. The monoisotopic (exact) mass is 1860 g/mol. The van der Waals surface area contributed by atoms with E-state index < -0.39 is 0 Å². The number of anilines is 6. The zero-order valence-electron chi connectivity index (χ0n) is 88.3. The van der Waals surface area contributed by atoms with Crippen molar-refractivity contribution in [1.29, 1.82) is 0 Å². The summed E-state index contributed by atoms with van der Waals surface area (Å²) in [5.74, 6) is 0. The Morgan fingerprint density at radius 1 is 0.154 bits per heavy atom. The molecule has 0 unspecified atom stereocenters. The quantitative estimate of drug-likeness (QED) is 0.107. The zero-order valence-corrected chi connectivity index (χ0v) is 88.3. The molecule has 0 N–H and O–H groups in total. The molecule has 143 heavy (non-hydrogen) atoms. The van der Waals surface area contributed by atoms with Crippen LogP contribution in [0.5, 0.6) is 0 Å². The predicted molar refractivity (Wildman–Crippen MR) is 614 cm³/mol. The lowest BCUT2D eigenvalue weighted by atomic mass is 9.75. The Morgan fingerprint density at radius 2 is 0.329 bits per heavy atom. The fraction of sp³-hybridized carbons (Fsp3) is 0.234. The highest BCUT2D eigenvalue weighted by Crippen LogP contribution is 2.59. The third-order valence-electron chi connectivity index (χ3n) is 32.1. The molecule has 18 aromatic rings. The molecule has 18 aromatic carbocycles. The van der Waals surface area contributed by atoms with Crippen LogP contribution in [-0.4, -0.2) is 0 Å². The van der Waals surface area contributed by atoms with E-state index >= 15 is 0 Å². The fourth-order valence-electron chi connectivity index (χ4n) is 23.6. The number of benzene rings is 18. The molecule has 0 spiro atoms. The van der Waals surface area contributed by atoms with Crippen LogP contribution in [0.2, 0.25) is 0 Å². The molecule has 2 nitrogen and oxygen atoms in total. The van der Waals surface area contributed by atoms with Gasteiger partial charge in [0.2, 0.25) is 0 Å². The molecule has 0 aromatic heterocycles. The number of hydrogen-bond acceptors (Lipinski definition) is 2. The van der Waals surface area contributed by atoms with Gasteiger partial charge in [-0.2, -0.15) is 0 Å². The first kappa shape index (κ1) is 94.8. The predicted octanol–water partition coefficient (Wildman–Crippen LogP) is 39.7. The molecular formula is C141H136N2. The first-order valence-electron chi connectivity index (χ1n) is 51.7. The normalized spacial score (nSPS) is 14.2. The zero-order chi connectivity index (χ0) is 100. The average Bonchev–Trinajstić information content (AvgIpc) is 1.58. The summed E-state index contributed by atoms with van der Waals surface area (Å²) in [5, 5.41) is 0. The van der Waals surface area contributed by atoms with Crippen molar-refractivity contribution < 1.29 is 0 Å². The lowest BCUT2D eigenvalue weighted by Gasteiger charge is -2.32. The maximum Gasteiger partial charge on any atom is 0.0474 e. The van der Waals surface area contributed by atoms with Gasteiger partial charge in [0.25, 0.3) is 0 Å². The van der Waals surface area contributed by atoms with Crippen LogP contribution in [-0.2, 0) is 48.7 Å². The van der Waals surface area contributed by atoms with Gasteiger partial charge in [0.15, 0.2) is 0 Å². The molecule has 710 valence electrons. The number of hydrogen-bond donors (Lipinski definition) is 0. The minimum Gasteiger partial charge on any atom is -0.310 e. The van der Waals surface area contributed by atoms with Gasteiger partial charge in [0.1, 0.15) is 0 Å². The maximum absolute atomic E-state index is 2.53. The summed E-state index contributed by atoms with van der Waals surface area (Å²) in [6.07, 6.45) is 0. The van der Waals surface area contributed by atoms with Crippen molar-refractivity contribution in [1.82, 2.24) is 0 Å². The van der Waals surface area contributed by atoms with Gasteiger partial charge in [-0.3, -0.25) is 0 Å². The summed E-state index contributed by atoms with van der Waals surface area (Å²) in [5.41, 5.74) is 55.7. The van der Waals surface area contributed by atoms with Crippen molar-refractivity contribution in [3.05, 3.63) is 466 Å². The highest BCUT2D eigenvalue weighted by Gasteiger charge is 2.43. The van der Waals surface area contributed by atoms with E-state index in [0.717, 1.165) is 34.1 Å². The summed E-state index contributed by atoms with van der Waals surface area (Å²) >= 11 is 0. The topological polar surface area (TPSA) is 6.48 Å². The van der Waals surface area contributed by atoms with E-state index in [0.29, 0.717) is 0 Å². The Bertz CT molecular complexity index is 7520. The van der Waals surface area contributed by atoms with Crippen LogP contribution in [0.4, 0.5) is 34.1 Å². The molecule has 0 bridgehead atoms. The Kier molecular flexibility index (Phi) is 23.2. The molecule has 0 heterocycles. The summed E-state index contributed by atoms with van der Waals surface area (Å²) in [7, 11) is 0. The molecule has 22 rings (SSSR count). The second kappa shape index (κ2) is 35.0. The highest BCUT2D eigenvalue weighted by molar-refractivity contribution is 5.97. The molecule has 2 heteroatoms. The summed E-state index contributed by atoms with van der Waals surface area (Å²) in [4.78, 5) is 4.93. The van der Waals surface area contributed by atoms with Crippen LogP contribution in [0, 0.1) is 6.92 Å². The lowest BCUT2D eigenvalue weighted by Crippen LogP contribution is -2.19. The summed E-state index contributed by atoms with van der Waals surface area (Å²) in [6.45, 7) is 56.7. The SMILES string of the molecule is CC(C)(C)c1ccc2c(c1)C(C)(C)c1cc(-c3cc(N(c4ccc(-c5ccccc5)cc4)c4ccc(-c5ccccc5)cc4)cc(-c4ccc5c(c4)C(C)(C)c4cc(C(C)(C)C)ccc4-5)c3C(C)(C)C)ccc1-2.Cc1c(-c2ccc3c(c2)C(C)(C)c2cc(C(C)(C)C)ccc2-3)cc(N(c2ccc(-c3ccccc3)cc2)c2ccc(-c3ccccc3)cc2)cc1-c1ccc2c(c1)C(C)(C)c1cc(C(C)(C)C)ccc1-2. The van der Waals surface area contributed by atoms with Crippen LogP contribution in [0.1, 0.15) is 237 Å². The van der Waals surface area contributed by atoms with E-state index in [1.54, 1.807) is 0 Å². The number of rotatable bonds is 14. The van der Waals surface area contributed by atoms with E-state index in [2.05, 4.69) is 564 Å². The summed E-state index contributed by atoms with van der Waals surface area (Å²) in [6, 6.07) is 147. The van der Waals surface area contributed by atoms with Gasteiger partial charge < -0.3 is 9.80 Å². The average molecular weight is 1860 g/mol. The molecule has 0 radical (unpaired) electrons. The first-order valence-corrected chi connectivity index (χ1v) is 51.7. The molecule has 0 atom stereocenters. The maximum atomic E-state index is 2.53. The Labute approximate surface area is 852 Å². The van der Waals surface area contributed by atoms with Crippen molar-refractivity contribution in [3.8, 4) is 134 Å². The van der Waals surface area contributed by atoms with Crippen LogP contribution in [0.25, 0.3) is 134 Å². The van der Waals surface area contributed by atoms with Crippen LogP contribution < -0.4 is 9.80 Å². The van der Waals surface area contributed by atoms with Crippen LogP contribution in [0.15, 0.2) is 388 Å². The summed E-state index contributed by atoms with van der Waals surface area (Å²) < 4.78 is 0. The van der Waals surface area contributed by atoms with Crippen molar-refractivity contribution in [2.45, 2.75) is 215 Å². The molecule has 0 aliphatic heterocycles. The van der Waals surface area contributed by atoms with Gasteiger partial charge in [0.05, 0.1) is 0 Å². The molecule has 4 aliphatic carbocycles. The van der Waals surface area contributed by atoms with E-state index in [-0.39, 0.29) is 48.7 Å². The second-order valence-corrected chi connectivity index (χ2v) is 48.2.